The fraction of sp³-hybridized carbons (Fsp3) is 0.304. The van der Waals surface area contributed by atoms with E-state index in [0.717, 1.165) is 5.56 Å². The van der Waals surface area contributed by atoms with Gasteiger partial charge in [-0.3, -0.25) is 9.52 Å². The fourth-order valence-corrected chi connectivity index (χ4v) is 4.39. The third kappa shape index (κ3) is 5.52. The molecule has 3 rings (SSSR count). The Labute approximate surface area is 182 Å². The van der Waals surface area contributed by atoms with Gasteiger partial charge < -0.3 is 9.84 Å². The van der Waals surface area contributed by atoms with Crippen molar-refractivity contribution in [2.45, 2.75) is 51.5 Å². The molecule has 0 aliphatic rings. The Bertz CT molecular complexity index is 1210. The lowest BCUT2D eigenvalue weighted by Gasteiger charge is -2.21. The van der Waals surface area contributed by atoms with Crippen LogP contribution in [-0.2, 0) is 22.0 Å². The van der Waals surface area contributed by atoms with Gasteiger partial charge in [-0.2, -0.15) is 0 Å². The number of sulfonamides is 1. The van der Waals surface area contributed by atoms with E-state index in [9.17, 15) is 13.2 Å². The second-order valence-electron chi connectivity index (χ2n) is 8.53. The minimum absolute atomic E-state index is 0.182. The number of amides is 1. The Morgan fingerprint density at radius 1 is 1.06 bits per heavy atom. The number of nitrogens with one attached hydrogen (secondary N) is 2. The third-order valence-electron chi connectivity index (χ3n) is 4.83. The summed E-state index contributed by atoms with van der Waals surface area (Å²) in [5, 5.41) is 6.58. The maximum absolute atomic E-state index is 13.1. The van der Waals surface area contributed by atoms with Crippen molar-refractivity contribution in [3.8, 4) is 0 Å². The number of nitrogens with zero attached hydrogens (tertiary/aromatic N) is 1. The summed E-state index contributed by atoms with van der Waals surface area (Å²) >= 11 is 0. The van der Waals surface area contributed by atoms with Crippen molar-refractivity contribution in [2.24, 2.45) is 0 Å². The van der Waals surface area contributed by atoms with Gasteiger partial charge in [-0.25, -0.2) is 8.42 Å². The first-order valence-electron chi connectivity index (χ1n) is 9.90. The van der Waals surface area contributed by atoms with Crippen LogP contribution in [0.25, 0.3) is 0 Å². The average molecular weight is 442 g/mol. The first-order chi connectivity index (χ1) is 14.5. The smallest absolute Gasteiger partial charge is 0.262 e. The van der Waals surface area contributed by atoms with Crippen molar-refractivity contribution in [3.63, 3.8) is 0 Å². The summed E-state index contributed by atoms with van der Waals surface area (Å²) < 4.78 is 33.7. The molecule has 2 aromatic carbocycles. The minimum Gasteiger partial charge on any atom is -0.361 e. The highest BCUT2D eigenvalue weighted by Gasteiger charge is 2.22. The van der Waals surface area contributed by atoms with E-state index in [1.54, 1.807) is 44.2 Å². The van der Waals surface area contributed by atoms with Crippen LogP contribution in [0.5, 0.6) is 0 Å². The highest BCUT2D eigenvalue weighted by Crippen LogP contribution is 2.28. The molecule has 0 saturated heterocycles. The summed E-state index contributed by atoms with van der Waals surface area (Å²) in [6.45, 7) is 9.84. The van der Waals surface area contributed by atoms with E-state index in [0.29, 0.717) is 28.3 Å². The number of hydrogen-bond acceptors (Lipinski definition) is 5. The van der Waals surface area contributed by atoms with Crippen LogP contribution in [0, 0.1) is 13.8 Å². The van der Waals surface area contributed by atoms with E-state index < -0.39 is 10.0 Å². The van der Waals surface area contributed by atoms with Crippen molar-refractivity contribution in [1.29, 1.82) is 0 Å². The van der Waals surface area contributed by atoms with Crippen LogP contribution in [0.2, 0.25) is 0 Å². The predicted octanol–water partition coefficient (Wildman–Crippen LogP) is 4.32. The zero-order valence-corrected chi connectivity index (χ0v) is 19.1. The number of anilines is 1. The van der Waals surface area contributed by atoms with Gasteiger partial charge in [-0.15, -0.1) is 0 Å². The summed E-state index contributed by atoms with van der Waals surface area (Å²) in [7, 11) is -3.83. The van der Waals surface area contributed by atoms with Gasteiger partial charge in [0.2, 0.25) is 0 Å². The summed E-state index contributed by atoms with van der Waals surface area (Å²) in [5.74, 6) is 0.319. The van der Waals surface area contributed by atoms with E-state index in [1.807, 2.05) is 32.9 Å². The zero-order chi connectivity index (χ0) is 22.8. The molecule has 0 unspecified atom stereocenters. The van der Waals surface area contributed by atoms with E-state index in [1.165, 1.54) is 6.07 Å². The summed E-state index contributed by atoms with van der Waals surface area (Å²) in [6, 6.07) is 13.5. The highest BCUT2D eigenvalue weighted by atomic mass is 32.2. The zero-order valence-electron chi connectivity index (χ0n) is 18.3. The lowest BCUT2D eigenvalue weighted by atomic mass is 9.87. The molecule has 31 heavy (non-hydrogen) atoms. The van der Waals surface area contributed by atoms with Crippen LogP contribution >= 0.6 is 0 Å². The number of carbonyl (C=O) groups is 1. The molecule has 1 aromatic heterocycles. The van der Waals surface area contributed by atoms with E-state index in [2.05, 4.69) is 15.2 Å². The molecule has 0 atom stereocenters. The molecule has 0 bridgehead atoms. The summed E-state index contributed by atoms with van der Waals surface area (Å²) in [5.41, 5.74) is 2.65. The number of rotatable bonds is 6. The number of hydrogen-bond donors (Lipinski definition) is 2. The number of carbonyl (C=O) groups excluding carboxylic acids is 1. The van der Waals surface area contributed by atoms with Gasteiger partial charge in [-0.1, -0.05) is 44.1 Å². The lowest BCUT2D eigenvalue weighted by molar-refractivity contribution is 0.0950. The van der Waals surface area contributed by atoms with Gasteiger partial charge in [0.05, 0.1) is 11.4 Å². The maximum atomic E-state index is 13.1. The average Bonchev–Trinajstić information content (AvgIpc) is 3.10. The molecular formula is C23H27N3O4S. The molecule has 3 aromatic rings. The first kappa shape index (κ1) is 22.6. The molecule has 0 fully saturated rings. The molecule has 2 N–H and O–H groups in total. The summed E-state index contributed by atoms with van der Waals surface area (Å²) in [4.78, 5) is 12.7. The predicted molar refractivity (Wildman–Crippen MR) is 120 cm³/mol. The van der Waals surface area contributed by atoms with Crippen LogP contribution in [-0.4, -0.2) is 19.5 Å². The molecule has 8 heteroatoms. The SMILES string of the molecule is Cc1cc(CNC(=O)c2cccc(NS(=O)(=O)c3cc(C(C)(C)C)ccc3C)c2)no1. The van der Waals surface area contributed by atoms with Gasteiger partial charge in [0, 0.05) is 17.3 Å². The molecule has 1 heterocycles. The Morgan fingerprint density at radius 2 is 1.81 bits per heavy atom. The Balaban J connectivity index is 1.79. The summed E-state index contributed by atoms with van der Waals surface area (Å²) in [6.07, 6.45) is 0. The third-order valence-corrected chi connectivity index (χ3v) is 6.35. The normalized spacial score (nSPS) is 11.9. The largest absolute Gasteiger partial charge is 0.361 e. The molecule has 0 aliphatic carbocycles. The number of aryl methyl sites for hydroxylation is 2. The standard InChI is InChI=1S/C23H27N3O4S/c1-15-9-10-18(23(3,4)5)13-21(15)31(28,29)26-19-8-6-7-17(12-19)22(27)24-14-20-11-16(2)30-25-20/h6-13,26H,14H2,1-5H3,(H,24,27). The van der Waals surface area contributed by atoms with E-state index in [4.69, 9.17) is 4.52 Å². The Hall–Kier alpha value is -3.13. The minimum atomic E-state index is -3.83. The molecule has 7 nitrogen and oxygen atoms in total. The maximum Gasteiger partial charge on any atom is 0.262 e. The number of benzene rings is 2. The molecule has 164 valence electrons. The molecule has 0 aliphatic heterocycles. The van der Waals surface area contributed by atoms with Gasteiger partial charge in [0.1, 0.15) is 11.5 Å². The highest BCUT2D eigenvalue weighted by molar-refractivity contribution is 7.92. The van der Waals surface area contributed by atoms with Gasteiger partial charge in [0.15, 0.2) is 0 Å². The van der Waals surface area contributed by atoms with Crippen molar-refractivity contribution in [1.82, 2.24) is 10.5 Å². The van der Waals surface area contributed by atoms with Crippen molar-refractivity contribution >= 4 is 21.6 Å². The van der Waals surface area contributed by atoms with Crippen LogP contribution in [0.4, 0.5) is 5.69 Å². The van der Waals surface area contributed by atoms with Crippen LogP contribution in [0.15, 0.2) is 57.9 Å². The van der Waals surface area contributed by atoms with E-state index in [-0.39, 0.29) is 22.8 Å². The van der Waals surface area contributed by atoms with Gasteiger partial charge in [0.25, 0.3) is 15.9 Å². The van der Waals surface area contributed by atoms with Crippen LogP contribution in [0.3, 0.4) is 0 Å². The number of aromatic nitrogens is 1. The van der Waals surface area contributed by atoms with Gasteiger partial charge in [-0.05, 0) is 54.7 Å². The van der Waals surface area contributed by atoms with Crippen molar-refractivity contribution < 1.29 is 17.7 Å². The second kappa shape index (κ2) is 8.55. The second-order valence-corrected chi connectivity index (χ2v) is 10.2. The van der Waals surface area contributed by atoms with Crippen molar-refractivity contribution in [2.75, 3.05) is 4.72 Å². The molecule has 1 amide bonds. The first-order valence-corrected chi connectivity index (χ1v) is 11.4. The van der Waals surface area contributed by atoms with E-state index >= 15 is 0 Å². The Morgan fingerprint density at radius 3 is 2.45 bits per heavy atom. The monoisotopic (exact) mass is 441 g/mol. The van der Waals surface area contributed by atoms with Crippen LogP contribution < -0.4 is 10.0 Å². The fourth-order valence-electron chi connectivity index (χ4n) is 3.06. The van der Waals surface area contributed by atoms with Crippen molar-refractivity contribution in [3.05, 3.63) is 76.7 Å². The topological polar surface area (TPSA) is 101 Å². The van der Waals surface area contributed by atoms with Gasteiger partial charge >= 0.3 is 0 Å². The Kier molecular flexibility index (Phi) is 6.22. The molecule has 0 spiro atoms. The van der Waals surface area contributed by atoms with Crippen LogP contribution in [0.1, 0.15) is 53.7 Å². The molecule has 0 saturated carbocycles. The quantitative estimate of drug-likeness (QED) is 0.593. The molecule has 0 radical (unpaired) electrons. The lowest BCUT2D eigenvalue weighted by Crippen LogP contribution is -2.23. The molecular weight excluding hydrogens is 414 g/mol.